The van der Waals surface area contributed by atoms with Crippen LogP contribution in [0.5, 0.6) is 0 Å². The van der Waals surface area contributed by atoms with E-state index in [2.05, 4.69) is 13.8 Å². The van der Waals surface area contributed by atoms with E-state index in [1.54, 1.807) is 23.9 Å². The number of nitrogen functional groups attached to an aromatic ring is 1. The zero-order chi connectivity index (χ0) is 12.3. The van der Waals surface area contributed by atoms with Gasteiger partial charge >= 0.3 is 0 Å². The maximum atomic E-state index is 11.2. The minimum Gasteiger partial charge on any atom is -0.397 e. The molecule has 6 heteroatoms. The van der Waals surface area contributed by atoms with Crippen molar-refractivity contribution in [2.45, 2.75) is 23.6 Å². The van der Waals surface area contributed by atoms with E-state index >= 15 is 0 Å². The number of nitrogens with two attached hydrogens (primary N) is 2. The summed E-state index contributed by atoms with van der Waals surface area (Å²) < 4.78 is 22.5. The summed E-state index contributed by atoms with van der Waals surface area (Å²) in [6, 6.07) is 4.87. The summed E-state index contributed by atoms with van der Waals surface area (Å²) in [6.45, 7) is 4.18. The molecule has 0 heterocycles. The highest BCUT2D eigenvalue weighted by Crippen LogP contribution is 2.30. The van der Waals surface area contributed by atoms with Crippen LogP contribution >= 0.6 is 11.8 Å². The Labute approximate surface area is 100 Å². The standard InChI is InChI=1S/C10H16N2O2S2/c1-7(2)6-15-8-4-3-5-9(10(8)11)16(12,13)14/h3-5,7H,6,11H2,1-2H3,(H2,12,13,14). The summed E-state index contributed by atoms with van der Waals surface area (Å²) in [7, 11) is -3.73. The normalized spacial score (nSPS) is 12.0. The number of thioether (sulfide) groups is 1. The second kappa shape index (κ2) is 5.07. The van der Waals surface area contributed by atoms with Crippen LogP contribution in [0.2, 0.25) is 0 Å². The van der Waals surface area contributed by atoms with E-state index in [0.29, 0.717) is 5.92 Å². The van der Waals surface area contributed by atoms with Crippen LogP contribution in [0.15, 0.2) is 28.0 Å². The molecular weight excluding hydrogens is 244 g/mol. The third-order valence-corrected chi connectivity index (χ3v) is 4.37. The molecule has 0 radical (unpaired) electrons. The molecule has 1 rings (SSSR count). The highest BCUT2D eigenvalue weighted by Gasteiger charge is 2.14. The van der Waals surface area contributed by atoms with E-state index in [1.807, 2.05) is 0 Å². The lowest BCUT2D eigenvalue weighted by atomic mass is 10.3. The van der Waals surface area contributed by atoms with E-state index < -0.39 is 10.0 Å². The number of hydrogen-bond acceptors (Lipinski definition) is 4. The average molecular weight is 260 g/mol. The summed E-state index contributed by atoms with van der Waals surface area (Å²) in [5.74, 6) is 1.40. The van der Waals surface area contributed by atoms with Gasteiger partial charge in [0.2, 0.25) is 10.0 Å². The van der Waals surface area contributed by atoms with Crippen molar-refractivity contribution >= 4 is 27.5 Å². The molecule has 0 unspecified atom stereocenters. The van der Waals surface area contributed by atoms with Gasteiger partial charge in [-0.15, -0.1) is 11.8 Å². The molecular formula is C10H16N2O2S2. The molecule has 4 nitrogen and oxygen atoms in total. The first-order valence-electron chi connectivity index (χ1n) is 4.86. The van der Waals surface area contributed by atoms with E-state index in [0.717, 1.165) is 10.6 Å². The maximum absolute atomic E-state index is 11.2. The van der Waals surface area contributed by atoms with E-state index in [-0.39, 0.29) is 10.6 Å². The van der Waals surface area contributed by atoms with Gasteiger partial charge in [0.1, 0.15) is 4.90 Å². The van der Waals surface area contributed by atoms with Crippen LogP contribution in [-0.4, -0.2) is 14.2 Å². The lowest BCUT2D eigenvalue weighted by molar-refractivity contribution is 0.598. The van der Waals surface area contributed by atoms with Crippen molar-refractivity contribution in [3.05, 3.63) is 18.2 Å². The van der Waals surface area contributed by atoms with Crippen molar-refractivity contribution in [2.75, 3.05) is 11.5 Å². The Morgan fingerprint density at radius 2 is 2.00 bits per heavy atom. The topological polar surface area (TPSA) is 86.2 Å². The smallest absolute Gasteiger partial charge is 0.240 e. The summed E-state index contributed by atoms with van der Waals surface area (Å²) in [6.07, 6.45) is 0. The van der Waals surface area contributed by atoms with Crippen LogP contribution in [0.3, 0.4) is 0 Å². The molecule has 0 spiro atoms. The lowest BCUT2D eigenvalue weighted by Crippen LogP contribution is -2.14. The fourth-order valence-corrected chi connectivity index (χ4v) is 2.86. The Morgan fingerprint density at radius 1 is 1.38 bits per heavy atom. The molecule has 16 heavy (non-hydrogen) atoms. The second-order valence-corrected chi connectivity index (χ2v) is 6.51. The molecule has 4 N–H and O–H groups in total. The van der Waals surface area contributed by atoms with Gasteiger partial charge in [0.25, 0.3) is 0 Å². The Balaban J connectivity index is 3.05. The molecule has 0 bridgehead atoms. The zero-order valence-corrected chi connectivity index (χ0v) is 10.9. The quantitative estimate of drug-likeness (QED) is 0.637. The molecule has 0 fully saturated rings. The Morgan fingerprint density at radius 3 is 2.50 bits per heavy atom. The first kappa shape index (κ1) is 13.3. The van der Waals surface area contributed by atoms with Crippen molar-refractivity contribution in [1.29, 1.82) is 0 Å². The lowest BCUT2D eigenvalue weighted by Gasteiger charge is -2.10. The number of rotatable bonds is 4. The molecule has 0 saturated carbocycles. The van der Waals surface area contributed by atoms with Gasteiger partial charge < -0.3 is 5.73 Å². The maximum Gasteiger partial charge on any atom is 0.240 e. The van der Waals surface area contributed by atoms with Gasteiger partial charge in [-0.1, -0.05) is 19.9 Å². The van der Waals surface area contributed by atoms with Crippen molar-refractivity contribution < 1.29 is 8.42 Å². The number of primary sulfonamides is 1. The SMILES string of the molecule is CC(C)CSc1cccc(S(N)(=O)=O)c1N. The van der Waals surface area contributed by atoms with E-state index in [4.69, 9.17) is 10.9 Å². The second-order valence-electron chi connectivity index (χ2n) is 3.92. The number of anilines is 1. The Bertz CT molecular complexity index is 470. The highest BCUT2D eigenvalue weighted by molar-refractivity contribution is 7.99. The summed E-state index contributed by atoms with van der Waals surface area (Å²) in [5, 5.41) is 5.07. The van der Waals surface area contributed by atoms with E-state index in [1.165, 1.54) is 6.07 Å². The molecule has 0 saturated heterocycles. The number of benzene rings is 1. The molecule has 0 aliphatic heterocycles. The molecule has 0 amide bonds. The predicted octanol–water partition coefficient (Wildman–Crippen LogP) is 1.66. The highest BCUT2D eigenvalue weighted by atomic mass is 32.2. The zero-order valence-electron chi connectivity index (χ0n) is 9.30. The average Bonchev–Trinajstić information content (AvgIpc) is 2.14. The number of hydrogen-bond donors (Lipinski definition) is 2. The van der Waals surface area contributed by atoms with Gasteiger partial charge in [0, 0.05) is 10.6 Å². The van der Waals surface area contributed by atoms with Crippen LogP contribution in [-0.2, 0) is 10.0 Å². The van der Waals surface area contributed by atoms with Crippen molar-refractivity contribution in [3.63, 3.8) is 0 Å². The first-order chi connectivity index (χ1) is 7.32. The fourth-order valence-electron chi connectivity index (χ4n) is 1.15. The molecule has 1 aromatic carbocycles. The van der Waals surface area contributed by atoms with Gasteiger partial charge in [-0.3, -0.25) is 0 Å². The third-order valence-electron chi connectivity index (χ3n) is 1.90. The largest absolute Gasteiger partial charge is 0.397 e. The Kier molecular flexibility index (Phi) is 4.23. The first-order valence-corrected chi connectivity index (χ1v) is 7.39. The van der Waals surface area contributed by atoms with Gasteiger partial charge in [0.15, 0.2) is 0 Å². The molecule has 0 aliphatic rings. The van der Waals surface area contributed by atoms with Gasteiger partial charge in [-0.05, 0) is 18.1 Å². The van der Waals surface area contributed by atoms with Crippen LogP contribution in [0.1, 0.15) is 13.8 Å². The number of para-hydroxylation sites is 1. The van der Waals surface area contributed by atoms with Gasteiger partial charge in [-0.2, -0.15) is 0 Å². The fraction of sp³-hybridized carbons (Fsp3) is 0.400. The summed E-state index contributed by atoms with van der Waals surface area (Å²) in [5.41, 5.74) is 6.02. The molecule has 0 aromatic heterocycles. The van der Waals surface area contributed by atoms with Crippen molar-refractivity contribution in [1.82, 2.24) is 0 Å². The molecule has 90 valence electrons. The van der Waals surface area contributed by atoms with Crippen LogP contribution in [0.25, 0.3) is 0 Å². The minimum atomic E-state index is -3.73. The Hall–Kier alpha value is -0.720. The van der Waals surface area contributed by atoms with Crippen LogP contribution in [0, 0.1) is 5.92 Å². The predicted molar refractivity (Wildman–Crippen MR) is 67.8 cm³/mol. The van der Waals surface area contributed by atoms with Crippen LogP contribution in [0.4, 0.5) is 5.69 Å². The minimum absolute atomic E-state index is 0.00116. The van der Waals surface area contributed by atoms with Crippen molar-refractivity contribution in [3.8, 4) is 0 Å². The van der Waals surface area contributed by atoms with Crippen molar-refractivity contribution in [2.24, 2.45) is 11.1 Å². The molecule has 0 atom stereocenters. The summed E-state index contributed by atoms with van der Waals surface area (Å²) >= 11 is 1.54. The van der Waals surface area contributed by atoms with Gasteiger partial charge in [-0.25, -0.2) is 13.6 Å². The van der Waals surface area contributed by atoms with Crippen LogP contribution < -0.4 is 10.9 Å². The van der Waals surface area contributed by atoms with E-state index in [9.17, 15) is 8.42 Å². The third kappa shape index (κ3) is 3.40. The summed E-state index contributed by atoms with van der Waals surface area (Å²) in [4.78, 5) is 0.765. The molecule has 0 aliphatic carbocycles. The van der Waals surface area contributed by atoms with Gasteiger partial charge in [0.05, 0.1) is 5.69 Å². The molecule has 1 aromatic rings. The number of sulfonamides is 1. The monoisotopic (exact) mass is 260 g/mol.